The normalized spacial score (nSPS) is 18.5. The Bertz CT molecular complexity index is 1120. The van der Waals surface area contributed by atoms with E-state index in [9.17, 15) is 4.79 Å². The molecular weight excluding hydrogens is 414 g/mol. The van der Waals surface area contributed by atoms with Gasteiger partial charge in [0.1, 0.15) is 0 Å². The predicted octanol–water partition coefficient (Wildman–Crippen LogP) is 4.00. The first-order chi connectivity index (χ1) is 16.3. The SMILES string of the molecule is O=c1c2c(n(Cc3ccccc3)c3nc(N4CCOCC4)nn13)CCCCCCCCCC2. The molecule has 1 aromatic carbocycles. The van der Waals surface area contributed by atoms with Crippen molar-refractivity contribution in [2.75, 3.05) is 31.2 Å². The zero-order chi connectivity index (χ0) is 22.5. The van der Waals surface area contributed by atoms with Crippen molar-refractivity contribution in [2.24, 2.45) is 0 Å². The zero-order valence-electron chi connectivity index (χ0n) is 19.5. The van der Waals surface area contributed by atoms with E-state index >= 15 is 0 Å². The molecule has 1 aliphatic heterocycles. The molecule has 176 valence electrons. The Labute approximate surface area is 195 Å². The average molecular weight is 450 g/mol. The number of ether oxygens (including phenoxy) is 1. The highest BCUT2D eigenvalue weighted by molar-refractivity contribution is 5.44. The minimum absolute atomic E-state index is 0.0216. The first-order valence-corrected chi connectivity index (χ1v) is 12.7. The lowest BCUT2D eigenvalue weighted by molar-refractivity contribution is 0.122. The topological polar surface area (TPSA) is 64.7 Å². The van der Waals surface area contributed by atoms with Gasteiger partial charge in [-0.2, -0.15) is 9.50 Å². The molecule has 0 atom stereocenters. The van der Waals surface area contributed by atoms with E-state index in [1.807, 2.05) is 6.07 Å². The van der Waals surface area contributed by atoms with Crippen molar-refractivity contribution < 1.29 is 4.74 Å². The Hall–Kier alpha value is -2.67. The summed E-state index contributed by atoms with van der Waals surface area (Å²) in [7, 11) is 0. The van der Waals surface area contributed by atoms with Crippen LogP contribution in [0, 0.1) is 0 Å². The van der Waals surface area contributed by atoms with Gasteiger partial charge in [0, 0.05) is 24.3 Å². The second-order valence-corrected chi connectivity index (χ2v) is 9.35. The van der Waals surface area contributed by atoms with E-state index in [2.05, 4.69) is 33.7 Å². The van der Waals surface area contributed by atoms with E-state index in [1.54, 1.807) is 4.52 Å². The van der Waals surface area contributed by atoms with Crippen LogP contribution in [0.25, 0.3) is 5.78 Å². The van der Waals surface area contributed by atoms with Gasteiger partial charge in [0.05, 0.1) is 19.8 Å². The number of morpholine rings is 1. The summed E-state index contributed by atoms with van der Waals surface area (Å²) in [6.45, 7) is 3.54. The fourth-order valence-electron chi connectivity index (χ4n) is 5.16. The molecule has 1 aliphatic carbocycles. The van der Waals surface area contributed by atoms with Crippen LogP contribution in [-0.4, -0.2) is 45.5 Å². The van der Waals surface area contributed by atoms with Crippen LogP contribution in [0.5, 0.6) is 0 Å². The van der Waals surface area contributed by atoms with E-state index in [-0.39, 0.29) is 5.56 Å². The van der Waals surface area contributed by atoms with E-state index in [1.165, 1.54) is 44.1 Å². The van der Waals surface area contributed by atoms with Gasteiger partial charge in [-0.3, -0.25) is 4.79 Å². The highest BCUT2D eigenvalue weighted by atomic mass is 16.5. The summed E-state index contributed by atoms with van der Waals surface area (Å²) in [5.74, 6) is 1.30. The van der Waals surface area contributed by atoms with Crippen molar-refractivity contribution in [1.82, 2.24) is 19.2 Å². The van der Waals surface area contributed by atoms with Crippen molar-refractivity contribution in [3.63, 3.8) is 0 Å². The second kappa shape index (κ2) is 10.5. The van der Waals surface area contributed by atoms with Crippen molar-refractivity contribution in [1.29, 1.82) is 0 Å². The molecule has 0 unspecified atom stereocenters. The van der Waals surface area contributed by atoms with Crippen LogP contribution >= 0.6 is 0 Å². The molecule has 3 heterocycles. The number of hydrogen-bond acceptors (Lipinski definition) is 5. The molecule has 33 heavy (non-hydrogen) atoms. The highest BCUT2D eigenvalue weighted by Gasteiger charge is 2.23. The molecule has 0 spiro atoms. The first kappa shape index (κ1) is 22.1. The van der Waals surface area contributed by atoms with Gasteiger partial charge in [-0.15, -0.1) is 5.10 Å². The Morgan fingerprint density at radius 1 is 0.848 bits per heavy atom. The van der Waals surface area contributed by atoms with Crippen molar-refractivity contribution in [2.45, 2.75) is 70.8 Å². The third kappa shape index (κ3) is 4.98. The number of hydrogen-bond donors (Lipinski definition) is 0. The molecule has 7 heteroatoms. The molecule has 3 aromatic rings. The van der Waals surface area contributed by atoms with Crippen molar-refractivity contribution in [3.05, 3.63) is 57.5 Å². The lowest BCUT2D eigenvalue weighted by atomic mass is 9.98. The number of nitrogens with zero attached hydrogens (tertiary/aromatic N) is 5. The minimum atomic E-state index is 0.0216. The van der Waals surface area contributed by atoms with Crippen LogP contribution in [0.1, 0.15) is 68.2 Å². The summed E-state index contributed by atoms with van der Waals surface area (Å²) in [4.78, 5) is 20.7. The third-order valence-electron chi connectivity index (χ3n) is 7.01. The summed E-state index contributed by atoms with van der Waals surface area (Å²) < 4.78 is 9.34. The van der Waals surface area contributed by atoms with Gasteiger partial charge in [-0.25, -0.2) is 0 Å². The van der Waals surface area contributed by atoms with Crippen LogP contribution in [0.2, 0.25) is 0 Å². The quantitative estimate of drug-likeness (QED) is 0.605. The van der Waals surface area contributed by atoms with Crippen LogP contribution in [-0.2, 0) is 24.1 Å². The van der Waals surface area contributed by atoms with Gasteiger partial charge < -0.3 is 14.2 Å². The van der Waals surface area contributed by atoms with E-state index in [4.69, 9.17) is 14.8 Å². The maximum Gasteiger partial charge on any atom is 0.279 e. The average Bonchev–Trinajstić information content (AvgIpc) is 3.29. The summed E-state index contributed by atoms with van der Waals surface area (Å²) in [6, 6.07) is 10.5. The number of aromatic nitrogens is 4. The third-order valence-corrected chi connectivity index (χ3v) is 7.01. The summed E-state index contributed by atoms with van der Waals surface area (Å²) in [5, 5.41) is 4.72. The molecule has 0 radical (unpaired) electrons. The van der Waals surface area contributed by atoms with Gasteiger partial charge in [-0.1, -0.05) is 68.9 Å². The van der Waals surface area contributed by atoms with Gasteiger partial charge in [-0.05, 0) is 31.2 Å². The molecule has 0 N–H and O–H groups in total. The fraction of sp³-hybridized carbons (Fsp3) is 0.577. The molecule has 2 aliphatic rings. The predicted molar refractivity (Wildman–Crippen MR) is 130 cm³/mol. The second-order valence-electron chi connectivity index (χ2n) is 9.35. The maximum absolute atomic E-state index is 13.7. The lowest BCUT2D eigenvalue weighted by Crippen LogP contribution is -2.37. The largest absolute Gasteiger partial charge is 0.378 e. The minimum Gasteiger partial charge on any atom is -0.378 e. The van der Waals surface area contributed by atoms with E-state index in [0.717, 1.165) is 50.0 Å². The Morgan fingerprint density at radius 2 is 1.52 bits per heavy atom. The number of rotatable bonds is 3. The molecule has 7 nitrogen and oxygen atoms in total. The molecule has 0 bridgehead atoms. The Kier molecular flexibility index (Phi) is 7.05. The number of benzene rings is 1. The maximum atomic E-state index is 13.7. The van der Waals surface area contributed by atoms with E-state index in [0.29, 0.717) is 31.5 Å². The van der Waals surface area contributed by atoms with Crippen LogP contribution in [0.3, 0.4) is 0 Å². The van der Waals surface area contributed by atoms with E-state index < -0.39 is 0 Å². The monoisotopic (exact) mass is 449 g/mol. The van der Waals surface area contributed by atoms with Gasteiger partial charge in [0.2, 0.25) is 11.7 Å². The molecule has 1 fully saturated rings. The molecule has 0 amide bonds. The molecule has 2 aromatic heterocycles. The highest BCUT2D eigenvalue weighted by Crippen LogP contribution is 2.22. The van der Waals surface area contributed by atoms with Gasteiger partial charge in [0.15, 0.2) is 0 Å². The summed E-state index contributed by atoms with van der Waals surface area (Å²) in [6.07, 6.45) is 11.5. The zero-order valence-corrected chi connectivity index (χ0v) is 19.5. The van der Waals surface area contributed by atoms with Crippen molar-refractivity contribution >= 4 is 11.7 Å². The fourth-order valence-corrected chi connectivity index (χ4v) is 5.16. The lowest BCUT2D eigenvalue weighted by Gasteiger charge is -2.25. The Balaban J connectivity index is 1.63. The Morgan fingerprint density at radius 3 is 2.24 bits per heavy atom. The summed E-state index contributed by atoms with van der Waals surface area (Å²) >= 11 is 0. The molecule has 5 rings (SSSR count). The standard InChI is InChI=1S/C26H35N5O2/c32-24-22-14-10-5-3-1-2-4-6-11-15-23(22)30(20-21-12-8-7-9-13-21)26-27-25(28-31(24)26)29-16-18-33-19-17-29/h7-9,12-13H,1-6,10-11,14-20H2. The van der Waals surface area contributed by atoms with Gasteiger partial charge >= 0.3 is 0 Å². The van der Waals surface area contributed by atoms with Crippen molar-refractivity contribution in [3.8, 4) is 0 Å². The first-order valence-electron chi connectivity index (χ1n) is 12.7. The summed E-state index contributed by atoms with van der Waals surface area (Å²) in [5.41, 5.74) is 3.34. The molecule has 1 saturated heterocycles. The van der Waals surface area contributed by atoms with Crippen LogP contribution in [0.4, 0.5) is 5.95 Å². The molecule has 0 saturated carbocycles. The number of anilines is 1. The van der Waals surface area contributed by atoms with Crippen LogP contribution in [0.15, 0.2) is 35.1 Å². The molecular formula is C26H35N5O2. The smallest absolute Gasteiger partial charge is 0.279 e. The van der Waals surface area contributed by atoms with Crippen LogP contribution < -0.4 is 10.5 Å². The van der Waals surface area contributed by atoms with Gasteiger partial charge in [0.25, 0.3) is 5.56 Å². The number of fused-ring (bicyclic) bond motifs is 2.